The van der Waals surface area contributed by atoms with Crippen molar-refractivity contribution in [1.82, 2.24) is 30.2 Å². The van der Waals surface area contributed by atoms with Gasteiger partial charge in [0.15, 0.2) is 0 Å². The molecule has 0 aliphatic heterocycles. The highest BCUT2D eigenvalue weighted by Crippen LogP contribution is 2.23. The first kappa shape index (κ1) is 23.4. The van der Waals surface area contributed by atoms with Gasteiger partial charge in [0.2, 0.25) is 0 Å². The van der Waals surface area contributed by atoms with Gasteiger partial charge >= 0.3 is 0 Å². The first-order chi connectivity index (χ1) is 17.6. The van der Waals surface area contributed by atoms with Gasteiger partial charge in [-0.05, 0) is 48.8 Å². The molecule has 0 bridgehead atoms. The second-order valence-corrected chi connectivity index (χ2v) is 9.10. The highest BCUT2D eigenvalue weighted by molar-refractivity contribution is 5.96. The summed E-state index contributed by atoms with van der Waals surface area (Å²) in [6.45, 7) is 1.14. The van der Waals surface area contributed by atoms with Gasteiger partial charge in [-0.15, -0.1) is 5.10 Å². The fourth-order valence-corrected chi connectivity index (χ4v) is 4.33. The molecule has 3 aromatic carbocycles. The number of benzene rings is 3. The summed E-state index contributed by atoms with van der Waals surface area (Å²) >= 11 is 0. The van der Waals surface area contributed by atoms with Crippen LogP contribution in [-0.4, -0.2) is 51.4 Å². The van der Waals surface area contributed by atoms with Crippen molar-refractivity contribution in [2.75, 3.05) is 20.6 Å². The van der Waals surface area contributed by atoms with Gasteiger partial charge in [0, 0.05) is 35.5 Å². The zero-order chi connectivity index (χ0) is 24.9. The average molecular weight is 477 g/mol. The molecule has 0 aliphatic rings. The first-order valence-corrected chi connectivity index (χ1v) is 11.9. The number of carbonyl (C=O) groups excluding carboxylic acids is 1. The number of hydrogen-bond donors (Lipinski definition) is 1. The number of nitrogens with one attached hydrogen (secondary N) is 1. The molecule has 5 aromatic rings. The van der Waals surface area contributed by atoms with Gasteiger partial charge in [0.1, 0.15) is 5.69 Å². The Kier molecular flexibility index (Phi) is 6.82. The molecule has 7 heteroatoms. The van der Waals surface area contributed by atoms with Crippen LogP contribution < -0.4 is 5.32 Å². The zero-order valence-electron chi connectivity index (χ0n) is 20.4. The smallest absolute Gasteiger partial charge is 0.252 e. The minimum absolute atomic E-state index is 0.107. The third kappa shape index (κ3) is 5.31. The molecule has 2 aromatic heterocycles. The molecule has 2 heterocycles. The van der Waals surface area contributed by atoms with E-state index in [1.165, 1.54) is 0 Å². The normalized spacial score (nSPS) is 12.1. The maximum atomic E-state index is 13.4. The van der Waals surface area contributed by atoms with Crippen molar-refractivity contribution < 1.29 is 4.79 Å². The molecule has 1 atom stereocenters. The van der Waals surface area contributed by atoms with E-state index in [1.807, 2.05) is 99.3 Å². The van der Waals surface area contributed by atoms with Crippen LogP contribution in [0.4, 0.5) is 0 Å². The van der Waals surface area contributed by atoms with Crippen molar-refractivity contribution in [2.45, 2.75) is 12.6 Å². The van der Waals surface area contributed by atoms with Crippen LogP contribution >= 0.6 is 0 Å². The third-order valence-electron chi connectivity index (χ3n) is 6.12. The lowest BCUT2D eigenvalue weighted by Crippen LogP contribution is -2.35. The Morgan fingerprint density at radius 1 is 0.972 bits per heavy atom. The third-order valence-corrected chi connectivity index (χ3v) is 6.12. The molecule has 0 saturated heterocycles. The van der Waals surface area contributed by atoms with Crippen LogP contribution in [0.15, 0.2) is 97.5 Å². The van der Waals surface area contributed by atoms with Crippen molar-refractivity contribution in [3.8, 4) is 11.3 Å². The van der Waals surface area contributed by atoms with E-state index in [9.17, 15) is 4.79 Å². The number of pyridine rings is 1. The number of carbonyl (C=O) groups is 1. The van der Waals surface area contributed by atoms with Gasteiger partial charge in [-0.2, -0.15) is 0 Å². The van der Waals surface area contributed by atoms with Crippen molar-refractivity contribution in [3.63, 3.8) is 0 Å². The number of likely N-dealkylation sites (N-methyl/N-ethyl adjacent to an activating group) is 1. The molecule has 7 nitrogen and oxygen atoms in total. The molecule has 1 amide bonds. The van der Waals surface area contributed by atoms with Crippen LogP contribution in [0.2, 0.25) is 0 Å². The average Bonchev–Trinajstić information content (AvgIpc) is 3.37. The molecule has 0 saturated carbocycles. The molecule has 0 radical (unpaired) electrons. The topological polar surface area (TPSA) is 75.9 Å². The van der Waals surface area contributed by atoms with E-state index in [-0.39, 0.29) is 11.9 Å². The summed E-state index contributed by atoms with van der Waals surface area (Å²) in [7, 11) is 4.01. The number of aromatic nitrogens is 4. The molecule has 180 valence electrons. The van der Waals surface area contributed by atoms with E-state index < -0.39 is 0 Å². The fraction of sp³-hybridized carbons (Fsp3) is 0.172. The monoisotopic (exact) mass is 476 g/mol. The Morgan fingerprint density at radius 2 is 1.78 bits per heavy atom. The van der Waals surface area contributed by atoms with E-state index >= 15 is 0 Å². The molecule has 5 rings (SSSR count). The summed E-state index contributed by atoms with van der Waals surface area (Å²) in [5, 5.41) is 14.1. The molecule has 1 N–H and O–H groups in total. The second kappa shape index (κ2) is 10.5. The molecular weight excluding hydrogens is 448 g/mol. The Labute approximate surface area is 210 Å². The Bertz CT molecular complexity index is 1480. The summed E-state index contributed by atoms with van der Waals surface area (Å²) in [4.78, 5) is 19.6. The van der Waals surface area contributed by atoms with Crippen LogP contribution in [0.1, 0.15) is 27.5 Å². The van der Waals surface area contributed by atoms with Gasteiger partial charge in [0.05, 0.1) is 18.8 Å². The SMILES string of the molecule is CN(C)C[C@H](NC(=O)c1ccccc1Cn1cc(-c2ccc3cnccc3c2)nn1)c1ccccc1. The largest absolute Gasteiger partial charge is 0.344 e. The minimum Gasteiger partial charge on any atom is -0.344 e. The number of nitrogens with zero attached hydrogens (tertiary/aromatic N) is 5. The summed E-state index contributed by atoms with van der Waals surface area (Å²) in [5.41, 5.74) is 4.36. The van der Waals surface area contributed by atoms with E-state index in [0.29, 0.717) is 18.7 Å². The second-order valence-electron chi connectivity index (χ2n) is 9.10. The number of amides is 1. The number of fused-ring (bicyclic) bond motifs is 1. The lowest BCUT2D eigenvalue weighted by atomic mass is 10.0. The van der Waals surface area contributed by atoms with E-state index in [4.69, 9.17) is 0 Å². The predicted octanol–water partition coefficient (Wildman–Crippen LogP) is 4.57. The summed E-state index contributed by atoms with van der Waals surface area (Å²) < 4.78 is 1.77. The lowest BCUT2D eigenvalue weighted by Gasteiger charge is -2.23. The van der Waals surface area contributed by atoms with Crippen molar-refractivity contribution >= 4 is 16.7 Å². The van der Waals surface area contributed by atoms with E-state index in [0.717, 1.165) is 33.2 Å². The lowest BCUT2D eigenvalue weighted by molar-refractivity contribution is 0.0929. The van der Waals surface area contributed by atoms with E-state index in [1.54, 1.807) is 10.9 Å². The zero-order valence-corrected chi connectivity index (χ0v) is 20.4. The molecule has 0 spiro atoms. The van der Waals surface area contributed by atoms with Gasteiger partial charge in [-0.1, -0.05) is 65.9 Å². The quantitative estimate of drug-likeness (QED) is 0.355. The van der Waals surface area contributed by atoms with Gasteiger partial charge in [0.25, 0.3) is 5.91 Å². The minimum atomic E-state index is -0.122. The van der Waals surface area contributed by atoms with Gasteiger partial charge in [-0.25, -0.2) is 4.68 Å². The van der Waals surface area contributed by atoms with Gasteiger partial charge < -0.3 is 10.2 Å². The van der Waals surface area contributed by atoms with Crippen LogP contribution in [-0.2, 0) is 6.54 Å². The highest BCUT2D eigenvalue weighted by atomic mass is 16.1. The molecule has 36 heavy (non-hydrogen) atoms. The molecule has 0 unspecified atom stereocenters. The van der Waals surface area contributed by atoms with Crippen molar-refractivity contribution in [1.29, 1.82) is 0 Å². The van der Waals surface area contributed by atoms with E-state index in [2.05, 4.69) is 31.6 Å². The van der Waals surface area contributed by atoms with Crippen LogP contribution in [0.5, 0.6) is 0 Å². The maximum Gasteiger partial charge on any atom is 0.252 e. The van der Waals surface area contributed by atoms with Crippen LogP contribution in [0.25, 0.3) is 22.0 Å². The van der Waals surface area contributed by atoms with Crippen molar-refractivity contribution in [2.24, 2.45) is 0 Å². The number of rotatable bonds is 8. The Balaban J connectivity index is 1.36. The van der Waals surface area contributed by atoms with Crippen LogP contribution in [0, 0.1) is 0 Å². The molecular formula is C29H28N6O. The van der Waals surface area contributed by atoms with Crippen LogP contribution in [0.3, 0.4) is 0 Å². The summed E-state index contributed by atoms with van der Waals surface area (Å²) in [5.74, 6) is -0.107. The number of hydrogen-bond acceptors (Lipinski definition) is 5. The summed E-state index contributed by atoms with van der Waals surface area (Å²) in [6, 6.07) is 25.7. The predicted molar refractivity (Wildman–Crippen MR) is 142 cm³/mol. The fourth-order valence-electron chi connectivity index (χ4n) is 4.33. The van der Waals surface area contributed by atoms with Gasteiger partial charge in [-0.3, -0.25) is 9.78 Å². The molecule has 0 fully saturated rings. The molecule has 0 aliphatic carbocycles. The Morgan fingerprint density at radius 3 is 2.61 bits per heavy atom. The summed E-state index contributed by atoms with van der Waals surface area (Å²) in [6.07, 6.45) is 5.54. The standard InChI is InChI=1S/C29H28N6O/c1-34(2)19-27(21-8-4-3-5-9-21)31-29(36)26-11-7-6-10-25(26)18-35-20-28(32-33-35)23-12-13-24-17-30-15-14-22(24)16-23/h3-17,20,27H,18-19H2,1-2H3,(H,31,36)/t27-/m0/s1. The Hall–Kier alpha value is -4.36. The maximum absolute atomic E-state index is 13.4. The van der Waals surface area contributed by atoms with Crippen molar-refractivity contribution in [3.05, 3.63) is 114 Å². The highest BCUT2D eigenvalue weighted by Gasteiger charge is 2.19. The first-order valence-electron chi connectivity index (χ1n) is 11.9.